The molecule has 0 saturated heterocycles. The quantitative estimate of drug-likeness (QED) is 0.780. The molecule has 0 bridgehead atoms. The van der Waals surface area contributed by atoms with Crippen molar-refractivity contribution in [2.45, 2.75) is 56.9 Å². The van der Waals surface area contributed by atoms with Crippen molar-refractivity contribution in [1.29, 1.82) is 0 Å². The van der Waals surface area contributed by atoms with Crippen LogP contribution in [0.15, 0.2) is 6.20 Å². The van der Waals surface area contributed by atoms with E-state index in [4.69, 9.17) is 21.3 Å². The molecule has 1 saturated carbocycles. The molecule has 0 radical (unpaired) electrons. The Morgan fingerprint density at radius 3 is 2.56 bits per heavy atom. The van der Waals surface area contributed by atoms with Crippen molar-refractivity contribution in [3.8, 4) is 0 Å². The summed E-state index contributed by atoms with van der Waals surface area (Å²) in [6, 6.07) is 0. The number of halogens is 1. The van der Waals surface area contributed by atoms with Gasteiger partial charge in [0.15, 0.2) is 5.82 Å². The SMILES string of the molecule is COC1(c2ncc(CCl)c(C(C)C)n2)CCCC1. The monoisotopic (exact) mass is 268 g/mol. The first kappa shape index (κ1) is 13.8. The molecule has 100 valence electrons. The molecule has 1 aromatic rings. The second kappa shape index (κ2) is 5.54. The Balaban J connectivity index is 2.42. The van der Waals surface area contributed by atoms with Crippen LogP contribution in [0.4, 0.5) is 0 Å². The Bertz CT molecular complexity index is 414. The first-order valence-corrected chi connectivity index (χ1v) is 7.14. The van der Waals surface area contributed by atoms with Crippen LogP contribution in [0.3, 0.4) is 0 Å². The summed E-state index contributed by atoms with van der Waals surface area (Å²) in [5.41, 5.74) is 1.81. The molecule has 1 heterocycles. The van der Waals surface area contributed by atoms with Gasteiger partial charge in [0.1, 0.15) is 5.60 Å². The highest BCUT2D eigenvalue weighted by atomic mass is 35.5. The van der Waals surface area contributed by atoms with E-state index in [9.17, 15) is 0 Å². The van der Waals surface area contributed by atoms with Crippen molar-refractivity contribution in [2.24, 2.45) is 0 Å². The lowest BCUT2D eigenvalue weighted by Gasteiger charge is -2.26. The maximum atomic E-state index is 5.95. The summed E-state index contributed by atoms with van der Waals surface area (Å²) in [7, 11) is 1.76. The fourth-order valence-electron chi connectivity index (χ4n) is 2.71. The number of methoxy groups -OCH3 is 1. The lowest BCUT2D eigenvalue weighted by atomic mass is 9.99. The smallest absolute Gasteiger partial charge is 0.160 e. The number of nitrogens with zero attached hydrogens (tertiary/aromatic N) is 2. The van der Waals surface area contributed by atoms with Gasteiger partial charge in [0, 0.05) is 18.9 Å². The summed E-state index contributed by atoms with van der Waals surface area (Å²) in [6.45, 7) is 4.27. The molecule has 4 heteroatoms. The molecule has 0 N–H and O–H groups in total. The standard InChI is InChI=1S/C14H21ClN2O/c1-10(2)12-11(8-15)9-16-13(17-12)14(18-3)6-4-5-7-14/h9-10H,4-8H2,1-3H3. The van der Waals surface area contributed by atoms with Crippen LogP contribution in [0.25, 0.3) is 0 Å². The van der Waals surface area contributed by atoms with E-state index in [2.05, 4.69) is 18.8 Å². The predicted molar refractivity (Wildman–Crippen MR) is 72.8 cm³/mol. The summed E-state index contributed by atoms with van der Waals surface area (Å²) in [4.78, 5) is 9.24. The van der Waals surface area contributed by atoms with Crippen molar-refractivity contribution in [1.82, 2.24) is 9.97 Å². The van der Waals surface area contributed by atoms with Crippen LogP contribution in [-0.4, -0.2) is 17.1 Å². The highest BCUT2D eigenvalue weighted by Gasteiger charge is 2.38. The third-order valence-corrected chi connectivity index (χ3v) is 4.09. The van der Waals surface area contributed by atoms with Gasteiger partial charge in [0.05, 0.1) is 11.6 Å². The van der Waals surface area contributed by atoms with E-state index in [0.29, 0.717) is 11.8 Å². The zero-order valence-electron chi connectivity index (χ0n) is 11.4. The van der Waals surface area contributed by atoms with Crippen molar-refractivity contribution >= 4 is 11.6 Å². The van der Waals surface area contributed by atoms with Crippen LogP contribution in [-0.2, 0) is 16.2 Å². The molecule has 1 aromatic heterocycles. The second-order valence-electron chi connectivity index (χ2n) is 5.30. The fourth-order valence-corrected chi connectivity index (χ4v) is 2.91. The minimum absolute atomic E-state index is 0.269. The molecule has 1 aliphatic rings. The summed E-state index contributed by atoms with van der Waals surface area (Å²) < 4.78 is 5.74. The molecule has 0 amide bonds. The van der Waals surface area contributed by atoms with E-state index in [-0.39, 0.29) is 5.60 Å². The van der Waals surface area contributed by atoms with Gasteiger partial charge in [-0.15, -0.1) is 11.6 Å². The molecule has 1 aliphatic carbocycles. The van der Waals surface area contributed by atoms with E-state index in [1.54, 1.807) is 7.11 Å². The maximum absolute atomic E-state index is 5.95. The molecule has 3 nitrogen and oxygen atoms in total. The van der Waals surface area contributed by atoms with Gasteiger partial charge >= 0.3 is 0 Å². The van der Waals surface area contributed by atoms with Crippen molar-refractivity contribution in [2.75, 3.05) is 7.11 Å². The van der Waals surface area contributed by atoms with Gasteiger partial charge in [-0.3, -0.25) is 0 Å². The largest absolute Gasteiger partial charge is 0.370 e. The summed E-state index contributed by atoms with van der Waals surface area (Å²) in [5, 5.41) is 0. The molecule has 0 atom stereocenters. The average Bonchev–Trinajstić information content (AvgIpc) is 2.87. The van der Waals surface area contributed by atoms with E-state index in [1.807, 2.05) is 6.20 Å². The van der Waals surface area contributed by atoms with Gasteiger partial charge in [-0.25, -0.2) is 9.97 Å². The lowest BCUT2D eigenvalue weighted by Crippen LogP contribution is -2.28. The summed E-state index contributed by atoms with van der Waals surface area (Å²) in [5.74, 6) is 1.66. The van der Waals surface area contributed by atoms with E-state index in [1.165, 1.54) is 12.8 Å². The zero-order valence-corrected chi connectivity index (χ0v) is 12.1. The highest BCUT2D eigenvalue weighted by Crippen LogP contribution is 2.40. The average molecular weight is 269 g/mol. The molecule has 1 fully saturated rings. The van der Waals surface area contributed by atoms with Crippen molar-refractivity contribution in [3.63, 3.8) is 0 Å². The number of rotatable bonds is 4. The van der Waals surface area contributed by atoms with Gasteiger partial charge in [0.2, 0.25) is 0 Å². The van der Waals surface area contributed by atoms with Gasteiger partial charge in [-0.05, 0) is 31.6 Å². The molecule has 0 aliphatic heterocycles. The second-order valence-corrected chi connectivity index (χ2v) is 5.57. The summed E-state index contributed by atoms with van der Waals surface area (Å²) in [6.07, 6.45) is 6.27. The first-order valence-electron chi connectivity index (χ1n) is 6.60. The third kappa shape index (κ3) is 2.39. The Morgan fingerprint density at radius 1 is 1.39 bits per heavy atom. The predicted octanol–water partition coefficient (Wildman–Crippen LogP) is 3.75. The minimum Gasteiger partial charge on any atom is -0.370 e. The zero-order chi connectivity index (χ0) is 13.2. The fraction of sp³-hybridized carbons (Fsp3) is 0.714. The van der Waals surface area contributed by atoms with E-state index >= 15 is 0 Å². The van der Waals surface area contributed by atoms with Crippen LogP contribution in [0.2, 0.25) is 0 Å². The third-order valence-electron chi connectivity index (χ3n) is 3.80. The Labute approximate surface area is 114 Å². The Kier molecular flexibility index (Phi) is 4.23. The van der Waals surface area contributed by atoms with Gasteiger partial charge < -0.3 is 4.74 Å². The van der Waals surface area contributed by atoms with E-state index < -0.39 is 0 Å². The molecular formula is C14H21ClN2O. The molecule has 0 spiro atoms. The van der Waals surface area contributed by atoms with Crippen LogP contribution in [0.1, 0.15) is 62.5 Å². The van der Waals surface area contributed by atoms with Crippen molar-refractivity contribution < 1.29 is 4.74 Å². The Morgan fingerprint density at radius 2 is 2.06 bits per heavy atom. The first-order chi connectivity index (χ1) is 8.63. The van der Waals surface area contributed by atoms with Crippen LogP contribution < -0.4 is 0 Å². The maximum Gasteiger partial charge on any atom is 0.160 e. The number of ether oxygens (including phenoxy) is 1. The molecule has 0 aromatic carbocycles. The van der Waals surface area contributed by atoms with Crippen molar-refractivity contribution in [3.05, 3.63) is 23.3 Å². The molecule has 18 heavy (non-hydrogen) atoms. The normalized spacial score (nSPS) is 18.5. The molecule has 2 rings (SSSR count). The molecule has 0 unspecified atom stereocenters. The Hall–Kier alpha value is -0.670. The highest BCUT2D eigenvalue weighted by molar-refractivity contribution is 6.17. The van der Waals surface area contributed by atoms with E-state index in [0.717, 1.165) is 29.9 Å². The van der Waals surface area contributed by atoms with Crippen LogP contribution in [0, 0.1) is 0 Å². The number of alkyl halides is 1. The topological polar surface area (TPSA) is 35.0 Å². The number of hydrogen-bond acceptors (Lipinski definition) is 3. The van der Waals surface area contributed by atoms with Gasteiger partial charge in [-0.2, -0.15) is 0 Å². The summed E-state index contributed by atoms with van der Waals surface area (Å²) >= 11 is 5.95. The van der Waals surface area contributed by atoms with Crippen LogP contribution >= 0.6 is 11.6 Å². The molecular weight excluding hydrogens is 248 g/mol. The van der Waals surface area contributed by atoms with Gasteiger partial charge in [0.25, 0.3) is 0 Å². The minimum atomic E-state index is -0.269. The van der Waals surface area contributed by atoms with Crippen LogP contribution in [0.5, 0.6) is 0 Å². The number of aromatic nitrogens is 2. The lowest BCUT2D eigenvalue weighted by molar-refractivity contribution is -0.0165. The number of hydrogen-bond donors (Lipinski definition) is 0. The van der Waals surface area contributed by atoms with Gasteiger partial charge in [-0.1, -0.05) is 13.8 Å².